The Morgan fingerprint density at radius 1 is 1.04 bits per heavy atom. The maximum absolute atomic E-state index is 10.4. The fraction of sp³-hybridized carbons (Fsp3) is 0.632. The van der Waals surface area contributed by atoms with Crippen molar-refractivity contribution in [2.75, 3.05) is 33.9 Å². The maximum atomic E-state index is 10.4. The van der Waals surface area contributed by atoms with Gasteiger partial charge in [-0.3, -0.25) is 4.99 Å². The predicted molar refractivity (Wildman–Crippen MR) is 103 cm³/mol. The fourth-order valence-electron chi connectivity index (χ4n) is 2.41. The van der Waals surface area contributed by atoms with E-state index in [9.17, 15) is 5.11 Å². The van der Waals surface area contributed by atoms with Crippen molar-refractivity contribution in [3.63, 3.8) is 0 Å². The molecule has 6 nitrogen and oxygen atoms in total. The molecular formula is C19H33N3O3. The minimum absolute atomic E-state index is 0.264. The Bertz CT molecular complexity index is 498. The molecule has 0 spiro atoms. The van der Waals surface area contributed by atoms with Crippen LogP contribution in [0.4, 0.5) is 0 Å². The van der Waals surface area contributed by atoms with Crippen LogP contribution in [0, 0.1) is 0 Å². The summed E-state index contributed by atoms with van der Waals surface area (Å²) in [6.07, 6.45) is 4.10. The summed E-state index contributed by atoms with van der Waals surface area (Å²) in [5, 5.41) is 17.0. The average molecular weight is 351 g/mol. The molecular weight excluding hydrogens is 318 g/mol. The van der Waals surface area contributed by atoms with Crippen LogP contribution < -0.4 is 20.1 Å². The van der Waals surface area contributed by atoms with Crippen LogP contribution in [-0.2, 0) is 0 Å². The second kappa shape index (κ2) is 12.4. The predicted octanol–water partition coefficient (Wildman–Crippen LogP) is 2.87. The molecule has 0 saturated carbocycles. The minimum atomic E-state index is -0.723. The summed E-state index contributed by atoms with van der Waals surface area (Å²) >= 11 is 0. The Hall–Kier alpha value is -1.95. The monoisotopic (exact) mass is 351 g/mol. The van der Waals surface area contributed by atoms with Crippen molar-refractivity contribution >= 4 is 5.96 Å². The molecule has 0 fully saturated rings. The second-order valence-corrected chi connectivity index (χ2v) is 5.87. The number of nitrogens with zero attached hydrogens (tertiary/aromatic N) is 1. The standard InChI is InChI=1S/C19H33N3O3/c1-5-7-8-9-10-21-19(20-6-2)22-14-18(23)15-11-16(24-3)13-17(12-15)25-4/h11-13,18,23H,5-10,14H2,1-4H3,(H2,20,21,22). The number of ether oxygens (including phenoxy) is 2. The average Bonchev–Trinajstić information content (AvgIpc) is 2.64. The van der Waals surface area contributed by atoms with Gasteiger partial charge in [0.05, 0.1) is 26.9 Å². The number of aliphatic imine (C=N–C) groups is 1. The van der Waals surface area contributed by atoms with Gasteiger partial charge in [0.2, 0.25) is 0 Å². The minimum Gasteiger partial charge on any atom is -0.497 e. The third-order valence-corrected chi connectivity index (χ3v) is 3.85. The molecule has 0 aliphatic heterocycles. The molecule has 0 aliphatic rings. The molecule has 1 atom stereocenters. The van der Waals surface area contributed by atoms with Gasteiger partial charge in [-0.15, -0.1) is 0 Å². The Labute approximate surface area is 151 Å². The molecule has 0 saturated heterocycles. The number of rotatable bonds is 11. The molecule has 0 aromatic heterocycles. The van der Waals surface area contributed by atoms with Crippen LogP contribution in [0.15, 0.2) is 23.2 Å². The van der Waals surface area contributed by atoms with Gasteiger partial charge in [-0.2, -0.15) is 0 Å². The number of nitrogens with one attached hydrogen (secondary N) is 2. The highest BCUT2D eigenvalue weighted by Crippen LogP contribution is 2.26. The molecule has 0 aliphatic carbocycles. The van der Waals surface area contributed by atoms with Gasteiger partial charge in [0.25, 0.3) is 0 Å². The highest BCUT2D eigenvalue weighted by molar-refractivity contribution is 5.79. The van der Waals surface area contributed by atoms with Crippen molar-refractivity contribution < 1.29 is 14.6 Å². The van der Waals surface area contributed by atoms with E-state index in [4.69, 9.17) is 9.47 Å². The van der Waals surface area contributed by atoms with E-state index in [0.29, 0.717) is 11.5 Å². The Balaban J connectivity index is 2.64. The zero-order chi connectivity index (χ0) is 18.5. The SMILES string of the molecule is CCCCCCNC(=NCC(O)c1cc(OC)cc(OC)c1)NCC. The number of guanidine groups is 1. The van der Waals surface area contributed by atoms with Crippen LogP contribution in [-0.4, -0.2) is 44.9 Å². The Morgan fingerprint density at radius 3 is 2.28 bits per heavy atom. The van der Waals surface area contributed by atoms with Gasteiger partial charge in [-0.1, -0.05) is 26.2 Å². The van der Waals surface area contributed by atoms with E-state index < -0.39 is 6.10 Å². The first-order valence-electron chi connectivity index (χ1n) is 9.07. The summed E-state index contributed by atoms with van der Waals surface area (Å²) in [4.78, 5) is 4.48. The highest BCUT2D eigenvalue weighted by Gasteiger charge is 2.11. The summed E-state index contributed by atoms with van der Waals surface area (Å²) in [6.45, 7) is 6.16. The van der Waals surface area contributed by atoms with Gasteiger partial charge < -0.3 is 25.2 Å². The van der Waals surface area contributed by atoms with E-state index >= 15 is 0 Å². The summed E-state index contributed by atoms with van der Waals surface area (Å²) in [5.74, 6) is 2.03. The molecule has 0 radical (unpaired) electrons. The zero-order valence-corrected chi connectivity index (χ0v) is 16.0. The number of methoxy groups -OCH3 is 2. The lowest BCUT2D eigenvalue weighted by atomic mass is 10.1. The van der Waals surface area contributed by atoms with Gasteiger partial charge in [-0.05, 0) is 31.0 Å². The number of aliphatic hydroxyl groups is 1. The van der Waals surface area contributed by atoms with Crippen LogP contribution in [0.5, 0.6) is 11.5 Å². The fourth-order valence-corrected chi connectivity index (χ4v) is 2.41. The normalized spacial score (nSPS) is 12.6. The van der Waals surface area contributed by atoms with Crippen LogP contribution >= 0.6 is 0 Å². The third kappa shape index (κ3) is 8.12. The summed E-state index contributed by atoms with van der Waals surface area (Å²) in [6, 6.07) is 5.38. The smallest absolute Gasteiger partial charge is 0.191 e. The highest BCUT2D eigenvalue weighted by atomic mass is 16.5. The molecule has 1 unspecified atom stereocenters. The summed E-state index contributed by atoms with van der Waals surface area (Å²) < 4.78 is 10.5. The number of unbranched alkanes of at least 4 members (excludes halogenated alkanes) is 3. The van der Waals surface area contributed by atoms with Crippen molar-refractivity contribution in [1.82, 2.24) is 10.6 Å². The van der Waals surface area contributed by atoms with Crippen LogP contribution in [0.25, 0.3) is 0 Å². The quantitative estimate of drug-likeness (QED) is 0.325. The largest absolute Gasteiger partial charge is 0.497 e. The van der Waals surface area contributed by atoms with Gasteiger partial charge >= 0.3 is 0 Å². The van der Waals surface area contributed by atoms with Crippen molar-refractivity contribution in [2.45, 2.75) is 45.6 Å². The molecule has 6 heteroatoms. The van der Waals surface area contributed by atoms with Crippen molar-refractivity contribution in [2.24, 2.45) is 4.99 Å². The van der Waals surface area contributed by atoms with Gasteiger partial charge in [-0.25, -0.2) is 0 Å². The van der Waals surface area contributed by atoms with Crippen LogP contribution in [0.2, 0.25) is 0 Å². The number of hydrogen-bond donors (Lipinski definition) is 3. The number of benzene rings is 1. The van der Waals surface area contributed by atoms with Gasteiger partial charge in [0, 0.05) is 19.2 Å². The molecule has 1 aromatic carbocycles. The van der Waals surface area contributed by atoms with Gasteiger partial charge in [0.1, 0.15) is 11.5 Å². The van der Waals surface area contributed by atoms with Crippen molar-refractivity contribution in [3.8, 4) is 11.5 Å². The van der Waals surface area contributed by atoms with E-state index in [0.717, 1.165) is 31.0 Å². The molecule has 142 valence electrons. The third-order valence-electron chi connectivity index (χ3n) is 3.85. The first-order chi connectivity index (χ1) is 12.1. The molecule has 0 amide bonds. The summed E-state index contributed by atoms with van der Waals surface area (Å²) in [7, 11) is 3.18. The Kier molecular flexibility index (Phi) is 10.5. The van der Waals surface area contributed by atoms with Crippen molar-refractivity contribution in [1.29, 1.82) is 0 Å². The number of hydrogen-bond acceptors (Lipinski definition) is 4. The number of aliphatic hydroxyl groups excluding tert-OH is 1. The second-order valence-electron chi connectivity index (χ2n) is 5.87. The van der Waals surface area contributed by atoms with E-state index in [-0.39, 0.29) is 6.54 Å². The van der Waals surface area contributed by atoms with Crippen molar-refractivity contribution in [3.05, 3.63) is 23.8 Å². The molecule has 1 aromatic rings. The molecule has 1 rings (SSSR count). The molecule has 0 heterocycles. The van der Waals surface area contributed by atoms with E-state index in [2.05, 4.69) is 22.5 Å². The topological polar surface area (TPSA) is 75.1 Å². The van der Waals surface area contributed by atoms with Crippen LogP contribution in [0.1, 0.15) is 51.2 Å². The lowest BCUT2D eigenvalue weighted by Crippen LogP contribution is -2.38. The summed E-state index contributed by atoms with van der Waals surface area (Å²) in [5.41, 5.74) is 0.721. The lowest BCUT2D eigenvalue weighted by Gasteiger charge is -2.14. The van der Waals surface area contributed by atoms with E-state index in [1.54, 1.807) is 32.4 Å². The van der Waals surface area contributed by atoms with E-state index in [1.165, 1.54) is 19.3 Å². The first-order valence-corrected chi connectivity index (χ1v) is 9.07. The maximum Gasteiger partial charge on any atom is 0.191 e. The Morgan fingerprint density at radius 2 is 1.72 bits per heavy atom. The molecule has 0 bridgehead atoms. The van der Waals surface area contributed by atoms with Gasteiger partial charge in [0.15, 0.2) is 5.96 Å². The zero-order valence-electron chi connectivity index (χ0n) is 16.0. The molecule has 3 N–H and O–H groups in total. The first kappa shape index (κ1) is 21.1. The molecule has 25 heavy (non-hydrogen) atoms. The van der Waals surface area contributed by atoms with Crippen LogP contribution in [0.3, 0.4) is 0 Å². The lowest BCUT2D eigenvalue weighted by molar-refractivity contribution is 0.186. The van der Waals surface area contributed by atoms with E-state index in [1.807, 2.05) is 6.92 Å².